The predicted molar refractivity (Wildman–Crippen MR) is 109 cm³/mol. The molecule has 0 spiro atoms. The summed E-state index contributed by atoms with van der Waals surface area (Å²) in [4.78, 5) is 22.2. The molecule has 1 unspecified atom stereocenters. The molecule has 0 bridgehead atoms. The first kappa shape index (κ1) is 16.3. The fraction of sp³-hybridized carbons (Fsp3) is 0.0952. The van der Waals surface area contributed by atoms with E-state index in [4.69, 9.17) is 10.7 Å². The molecule has 1 atom stereocenters. The van der Waals surface area contributed by atoms with Crippen LogP contribution in [-0.4, -0.2) is 29.5 Å². The van der Waals surface area contributed by atoms with Crippen LogP contribution in [0.2, 0.25) is 0 Å². The number of fused-ring (bicyclic) bond motifs is 2. The summed E-state index contributed by atoms with van der Waals surface area (Å²) in [6.07, 6.45) is 7.00. The molecule has 0 aliphatic rings. The molecule has 0 aliphatic carbocycles. The van der Waals surface area contributed by atoms with E-state index in [1.807, 2.05) is 22.8 Å². The third-order valence-corrected chi connectivity index (χ3v) is 4.89. The summed E-state index contributed by atoms with van der Waals surface area (Å²) in [5.41, 5.74) is 10.8. The zero-order chi connectivity index (χ0) is 19.1. The second kappa shape index (κ2) is 6.38. The Morgan fingerprint density at radius 2 is 1.89 bits per heavy atom. The van der Waals surface area contributed by atoms with Crippen LogP contribution in [0.5, 0.6) is 0 Å². The highest BCUT2D eigenvalue weighted by Crippen LogP contribution is 2.26. The van der Waals surface area contributed by atoms with E-state index in [9.17, 15) is 0 Å². The van der Waals surface area contributed by atoms with Crippen LogP contribution in [0.1, 0.15) is 18.5 Å². The molecule has 5 aromatic rings. The van der Waals surface area contributed by atoms with Gasteiger partial charge in [0.2, 0.25) is 0 Å². The van der Waals surface area contributed by atoms with E-state index in [1.54, 1.807) is 31.0 Å². The molecule has 136 valence electrons. The van der Waals surface area contributed by atoms with E-state index >= 15 is 0 Å². The first-order valence-electron chi connectivity index (χ1n) is 8.95. The summed E-state index contributed by atoms with van der Waals surface area (Å²) in [5, 5.41) is 1.11. The second-order valence-electron chi connectivity index (χ2n) is 6.66. The molecular weight excluding hydrogens is 350 g/mol. The summed E-state index contributed by atoms with van der Waals surface area (Å²) in [7, 11) is 0. The van der Waals surface area contributed by atoms with Gasteiger partial charge in [-0.05, 0) is 42.8 Å². The molecule has 2 N–H and O–H groups in total. The molecule has 28 heavy (non-hydrogen) atoms. The van der Waals surface area contributed by atoms with E-state index in [2.05, 4.69) is 45.1 Å². The summed E-state index contributed by atoms with van der Waals surface area (Å²) in [6, 6.07) is 14.0. The molecule has 0 amide bonds. The summed E-state index contributed by atoms with van der Waals surface area (Å²) in [5.74, 6) is 0.474. The normalized spacial score (nSPS) is 12.5. The van der Waals surface area contributed by atoms with Crippen LogP contribution in [-0.2, 0) is 0 Å². The van der Waals surface area contributed by atoms with Gasteiger partial charge in [0.15, 0.2) is 11.3 Å². The molecule has 0 radical (unpaired) electrons. The molecule has 4 aromatic heterocycles. The van der Waals surface area contributed by atoms with E-state index in [1.165, 1.54) is 0 Å². The lowest BCUT2D eigenvalue weighted by Gasteiger charge is -2.15. The Morgan fingerprint density at radius 1 is 0.964 bits per heavy atom. The molecule has 0 fully saturated rings. The number of nitrogen functional groups attached to an aromatic ring is 1. The largest absolute Gasteiger partial charge is 0.384 e. The Bertz CT molecular complexity index is 1290. The Morgan fingerprint density at radius 3 is 2.75 bits per heavy atom. The first-order chi connectivity index (χ1) is 13.7. The lowest BCUT2D eigenvalue weighted by atomic mass is 10.1. The van der Waals surface area contributed by atoms with Crippen molar-refractivity contribution >= 4 is 28.0 Å². The van der Waals surface area contributed by atoms with Crippen molar-refractivity contribution < 1.29 is 0 Å². The van der Waals surface area contributed by atoms with Crippen LogP contribution in [0, 0.1) is 0 Å². The zero-order valence-electron chi connectivity index (χ0n) is 15.2. The van der Waals surface area contributed by atoms with Crippen molar-refractivity contribution in [3.63, 3.8) is 0 Å². The third kappa shape index (κ3) is 2.73. The number of benzene rings is 1. The minimum Gasteiger partial charge on any atom is -0.384 e. The van der Waals surface area contributed by atoms with Crippen molar-refractivity contribution in [1.29, 1.82) is 0 Å². The van der Waals surface area contributed by atoms with Gasteiger partial charge >= 0.3 is 0 Å². The smallest absolute Gasteiger partial charge is 0.197 e. The zero-order valence-corrected chi connectivity index (χ0v) is 15.2. The van der Waals surface area contributed by atoms with Crippen LogP contribution in [0.25, 0.3) is 33.5 Å². The Labute approximate surface area is 160 Å². The van der Waals surface area contributed by atoms with Crippen molar-refractivity contribution in [2.45, 2.75) is 13.0 Å². The lowest BCUT2D eigenvalue weighted by molar-refractivity contribution is 0.653. The molecular formula is C21H17N7. The minimum atomic E-state index is 0.0451. The van der Waals surface area contributed by atoms with Gasteiger partial charge in [-0.1, -0.05) is 12.1 Å². The van der Waals surface area contributed by atoms with Crippen molar-refractivity contribution in [2.24, 2.45) is 0 Å². The number of anilines is 1. The SMILES string of the molecule is CC(c1ccc2ncccc2c1)n1cnc2ncc(-c3ccc(N)nc3)nc21. The van der Waals surface area contributed by atoms with Gasteiger partial charge in [-0.15, -0.1) is 0 Å². The fourth-order valence-electron chi connectivity index (χ4n) is 3.30. The minimum absolute atomic E-state index is 0.0451. The van der Waals surface area contributed by atoms with Crippen molar-refractivity contribution in [2.75, 3.05) is 5.73 Å². The maximum Gasteiger partial charge on any atom is 0.197 e. The molecule has 7 heteroatoms. The highest BCUT2D eigenvalue weighted by atomic mass is 15.1. The quantitative estimate of drug-likeness (QED) is 0.523. The maximum atomic E-state index is 5.68. The van der Waals surface area contributed by atoms with Gasteiger partial charge in [0.1, 0.15) is 5.82 Å². The van der Waals surface area contributed by atoms with Crippen LogP contribution in [0.4, 0.5) is 5.82 Å². The topological polar surface area (TPSA) is 95.4 Å². The van der Waals surface area contributed by atoms with Gasteiger partial charge in [0.05, 0.1) is 29.8 Å². The molecule has 0 aliphatic heterocycles. The van der Waals surface area contributed by atoms with Gasteiger partial charge in [-0.3, -0.25) is 4.98 Å². The molecule has 1 aromatic carbocycles. The Balaban J connectivity index is 1.59. The van der Waals surface area contributed by atoms with Gasteiger partial charge in [0.25, 0.3) is 0 Å². The third-order valence-electron chi connectivity index (χ3n) is 4.89. The number of hydrogen-bond donors (Lipinski definition) is 1. The first-order valence-corrected chi connectivity index (χ1v) is 8.95. The van der Waals surface area contributed by atoms with Gasteiger partial charge in [-0.25, -0.2) is 19.9 Å². The van der Waals surface area contributed by atoms with Crippen molar-refractivity contribution in [1.82, 2.24) is 29.5 Å². The lowest BCUT2D eigenvalue weighted by Crippen LogP contribution is -2.07. The average Bonchev–Trinajstić information content (AvgIpc) is 3.16. The monoisotopic (exact) mass is 367 g/mol. The van der Waals surface area contributed by atoms with E-state index < -0.39 is 0 Å². The number of nitrogens with zero attached hydrogens (tertiary/aromatic N) is 6. The fourth-order valence-corrected chi connectivity index (χ4v) is 3.30. The predicted octanol–water partition coefficient (Wildman–Crippen LogP) is 3.63. The second-order valence-corrected chi connectivity index (χ2v) is 6.66. The number of aromatic nitrogens is 6. The molecule has 0 saturated heterocycles. The van der Waals surface area contributed by atoms with E-state index in [0.717, 1.165) is 33.4 Å². The highest BCUT2D eigenvalue weighted by Gasteiger charge is 2.15. The van der Waals surface area contributed by atoms with E-state index in [0.29, 0.717) is 11.5 Å². The number of hydrogen-bond acceptors (Lipinski definition) is 6. The molecule has 0 saturated carbocycles. The van der Waals surface area contributed by atoms with Crippen LogP contribution < -0.4 is 5.73 Å². The highest BCUT2D eigenvalue weighted by molar-refractivity contribution is 5.79. The standard InChI is InChI=1S/C21H17N7/c1-13(14-4-6-17-15(9-14)3-2-8-23-17)28-12-26-20-21(28)27-18(11-25-20)16-5-7-19(22)24-10-16/h2-13H,1H3,(H2,22,24). The maximum absolute atomic E-state index is 5.68. The Kier molecular flexibility index (Phi) is 3.72. The molecule has 5 rings (SSSR count). The van der Waals surface area contributed by atoms with Gasteiger partial charge in [-0.2, -0.15) is 0 Å². The number of pyridine rings is 2. The van der Waals surface area contributed by atoms with Crippen molar-refractivity contribution in [3.05, 3.63) is 72.9 Å². The van der Waals surface area contributed by atoms with Crippen LogP contribution in [0.15, 0.2) is 67.4 Å². The summed E-state index contributed by atoms with van der Waals surface area (Å²) >= 11 is 0. The number of rotatable bonds is 3. The Hall–Kier alpha value is -3.87. The summed E-state index contributed by atoms with van der Waals surface area (Å²) in [6.45, 7) is 2.12. The average molecular weight is 367 g/mol. The van der Waals surface area contributed by atoms with Crippen LogP contribution in [0.3, 0.4) is 0 Å². The van der Waals surface area contributed by atoms with Crippen LogP contribution >= 0.6 is 0 Å². The van der Waals surface area contributed by atoms with E-state index in [-0.39, 0.29) is 6.04 Å². The summed E-state index contributed by atoms with van der Waals surface area (Å²) < 4.78 is 2.04. The number of nitrogens with two attached hydrogens (primary N) is 1. The van der Waals surface area contributed by atoms with Gasteiger partial charge < -0.3 is 10.3 Å². The van der Waals surface area contributed by atoms with Gasteiger partial charge in [0, 0.05) is 23.3 Å². The molecule has 4 heterocycles. The number of imidazole rings is 1. The molecule has 7 nitrogen and oxygen atoms in total. The van der Waals surface area contributed by atoms with Crippen molar-refractivity contribution in [3.8, 4) is 11.3 Å².